The highest BCUT2D eigenvalue weighted by Gasteiger charge is 2.25. The molecule has 1 aliphatic heterocycles. The number of nitrogens with zero attached hydrogens (tertiary/aromatic N) is 3. The van der Waals surface area contributed by atoms with E-state index in [4.69, 9.17) is 5.11 Å². The first-order valence-electron chi connectivity index (χ1n) is 5.01. The van der Waals surface area contributed by atoms with Crippen LogP contribution in [0.1, 0.15) is 12.8 Å². The molecule has 2 heterocycles. The van der Waals surface area contributed by atoms with Gasteiger partial charge < -0.3 is 10.0 Å². The molecule has 1 aromatic heterocycles. The van der Waals surface area contributed by atoms with Gasteiger partial charge in [-0.3, -0.25) is 4.79 Å². The Morgan fingerprint density at radius 3 is 3.13 bits per heavy atom. The van der Waals surface area contributed by atoms with E-state index in [1.54, 1.807) is 6.20 Å². The van der Waals surface area contributed by atoms with Crippen molar-refractivity contribution in [3.05, 3.63) is 18.6 Å². The fourth-order valence-corrected chi connectivity index (χ4v) is 1.86. The van der Waals surface area contributed by atoms with Crippen molar-refractivity contribution < 1.29 is 9.90 Å². The van der Waals surface area contributed by atoms with Crippen LogP contribution in [0.15, 0.2) is 18.6 Å². The lowest BCUT2D eigenvalue weighted by molar-refractivity contribution is -0.141. The molecule has 2 rings (SSSR count). The van der Waals surface area contributed by atoms with Crippen LogP contribution in [0.3, 0.4) is 0 Å². The zero-order valence-electron chi connectivity index (χ0n) is 8.33. The Hall–Kier alpha value is -1.65. The summed E-state index contributed by atoms with van der Waals surface area (Å²) in [6.07, 6.45) is 4.82. The van der Waals surface area contributed by atoms with Crippen LogP contribution in [0.25, 0.3) is 0 Å². The lowest BCUT2D eigenvalue weighted by Crippen LogP contribution is -2.39. The molecule has 0 spiro atoms. The maximum absolute atomic E-state index is 10.9. The van der Waals surface area contributed by atoms with Gasteiger partial charge in [0.15, 0.2) is 0 Å². The SMILES string of the molecule is O=C(O)C1CCCN(c2ccncn2)C1. The van der Waals surface area contributed by atoms with Gasteiger partial charge in [0.05, 0.1) is 5.92 Å². The van der Waals surface area contributed by atoms with E-state index in [1.807, 2.05) is 11.0 Å². The van der Waals surface area contributed by atoms with E-state index in [9.17, 15) is 4.79 Å². The monoisotopic (exact) mass is 207 g/mol. The lowest BCUT2D eigenvalue weighted by atomic mass is 9.98. The van der Waals surface area contributed by atoms with Crippen LogP contribution in [0, 0.1) is 5.92 Å². The number of aliphatic carboxylic acids is 1. The predicted molar refractivity (Wildman–Crippen MR) is 54.6 cm³/mol. The number of carbonyl (C=O) groups is 1. The Bertz CT molecular complexity index is 342. The van der Waals surface area contributed by atoms with E-state index >= 15 is 0 Å². The molecule has 1 saturated heterocycles. The highest BCUT2D eigenvalue weighted by Crippen LogP contribution is 2.20. The minimum atomic E-state index is -0.714. The van der Waals surface area contributed by atoms with Crippen LogP contribution >= 0.6 is 0 Å². The van der Waals surface area contributed by atoms with Gasteiger partial charge in [-0.2, -0.15) is 0 Å². The first-order chi connectivity index (χ1) is 7.27. The maximum atomic E-state index is 10.9. The van der Waals surface area contributed by atoms with Crippen LogP contribution in [0.2, 0.25) is 0 Å². The molecule has 0 radical (unpaired) electrons. The molecular weight excluding hydrogens is 194 g/mol. The molecule has 1 aromatic rings. The average molecular weight is 207 g/mol. The second-order valence-electron chi connectivity index (χ2n) is 3.69. The topological polar surface area (TPSA) is 66.3 Å². The van der Waals surface area contributed by atoms with Crippen molar-refractivity contribution in [3.63, 3.8) is 0 Å². The van der Waals surface area contributed by atoms with Crippen LogP contribution in [-0.4, -0.2) is 34.1 Å². The summed E-state index contributed by atoms with van der Waals surface area (Å²) in [5.74, 6) is -0.168. The molecule has 80 valence electrons. The van der Waals surface area contributed by atoms with Crippen molar-refractivity contribution in [1.29, 1.82) is 0 Å². The summed E-state index contributed by atoms with van der Waals surface area (Å²) in [4.78, 5) is 20.8. The summed E-state index contributed by atoms with van der Waals surface area (Å²) in [6, 6.07) is 1.81. The van der Waals surface area contributed by atoms with E-state index in [2.05, 4.69) is 9.97 Å². The fraction of sp³-hybridized carbons (Fsp3) is 0.500. The Morgan fingerprint density at radius 1 is 1.60 bits per heavy atom. The largest absolute Gasteiger partial charge is 0.481 e. The van der Waals surface area contributed by atoms with Crippen molar-refractivity contribution in [3.8, 4) is 0 Å². The smallest absolute Gasteiger partial charge is 0.308 e. The maximum Gasteiger partial charge on any atom is 0.308 e. The van der Waals surface area contributed by atoms with Gasteiger partial charge >= 0.3 is 5.97 Å². The summed E-state index contributed by atoms with van der Waals surface area (Å²) >= 11 is 0. The molecule has 1 atom stereocenters. The van der Waals surface area contributed by atoms with Gasteiger partial charge in [0, 0.05) is 19.3 Å². The van der Waals surface area contributed by atoms with Gasteiger partial charge in [-0.25, -0.2) is 9.97 Å². The van der Waals surface area contributed by atoms with E-state index in [0.29, 0.717) is 6.54 Å². The minimum absolute atomic E-state index is 0.270. The van der Waals surface area contributed by atoms with Crippen LogP contribution in [-0.2, 0) is 4.79 Å². The molecule has 5 heteroatoms. The predicted octanol–water partition coefficient (Wildman–Crippen LogP) is 0.778. The Balaban J connectivity index is 2.08. The quantitative estimate of drug-likeness (QED) is 0.776. The van der Waals surface area contributed by atoms with E-state index in [-0.39, 0.29) is 5.92 Å². The molecule has 0 saturated carbocycles. The summed E-state index contributed by atoms with van der Waals surface area (Å²) in [6.45, 7) is 1.42. The number of hydrogen-bond acceptors (Lipinski definition) is 4. The zero-order valence-corrected chi connectivity index (χ0v) is 8.33. The third kappa shape index (κ3) is 2.23. The number of carboxylic acids is 1. The van der Waals surface area contributed by atoms with Gasteiger partial charge in [0.1, 0.15) is 12.1 Å². The van der Waals surface area contributed by atoms with E-state index < -0.39 is 5.97 Å². The molecule has 0 amide bonds. The van der Waals surface area contributed by atoms with Gasteiger partial charge in [0.2, 0.25) is 0 Å². The molecule has 0 bridgehead atoms. The molecule has 1 aliphatic rings. The molecular formula is C10H13N3O2. The van der Waals surface area contributed by atoms with Crippen molar-refractivity contribution in [2.24, 2.45) is 5.92 Å². The number of anilines is 1. The van der Waals surface area contributed by atoms with Crippen molar-refractivity contribution in [2.45, 2.75) is 12.8 Å². The highest BCUT2D eigenvalue weighted by atomic mass is 16.4. The third-order valence-corrected chi connectivity index (χ3v) is 2.66. The fourth-order valence-electron chi connectivity index (χ4n) is 1.86. The van der Waals surface area contributed by atoms with Crippen molar-refractivity contribution in [1.82, 2.24) is 9.97 Å². The second kappa shape index (κ2) is 4.25. The molecule has 1 N–H and O–H groups in total. The summed E-state index contributed by atoms with van der Waals surface area (Å²) in [7, 11) is 0. The highest BCUT2D eigenvalue weighted by molar-refractivity contribution is 5.71. The van der Waals surface area contributed by atoms with E-state index in [0.717, 1.165) is 25.2 Å². The van der Waals surface area contributed by atoms with Crippen molar-refractivity contribution >= 4 is 11.8 Å². The van der Waals surface area contributed by atoms with Crippen molar-refractivity contribution in [2.75, 3.05) is 18.0 Å². The summed E-state index contributed by atoms with van der Waals surface area (Å²) in [5.41, 5.74) is 0. The number of hydrogen-bond donors (Lipinski definition) is 1. The summed E-state index contributed by atoms with van der Waals surface area (Å²) in [5, 5.41) is 8.94. The summed E-state index contributed by atoms with van der Waals surface area (Å²) < 4.78 is 0. The lowest BCUT2D eigenvalue weighted by Gasteiger charge is -2.31. The molecule has 0 aromatic carbocycles. The van der Waals surface area contributed by atoms with Gasteiger partial charge in [-0.15, -0.1) is 0 Å². The van der Waals surface area contributed by atoms with Crippen LogP contribution in [0.4, 0.5) is 5.82 Å². The number of aromatic nitrogens is 2. The zero-order chi connectivity index (χ0) is 10.7. The first kappa shape index (κ1) is 9.89. The van der Waals surface area contributed by atoms with Gasteiger partial charge in [0.25, 0.3) is 0 Å². The molecule has 1 unspecified atom stereocenters. The van der Waals surface area contributed by atoms with Crippen LogP contribution < -0.4 is 4.90 Å². The Kier molecular flexibility index (Phi) is 2.80. The third-order valence-electron chi connectivity index (χ3n) is 2.66. The molecule has 0 aliphatic carbocycles. The van der Waals surface area contributed by atoms with E-state index in [1.165, 1.54) is 6.33 Å². The van der Waals surface area contributed by atoms with Crippen LogP contribution in [0.5, 0.6) is 0 Å². The second-order valence-corrected chi connectivity index (χ2v) is 3.69. The minimum Gasteiger partial charge on any atom is -0.481 e. The normalized spacial score (nSPS) is 21.3. The molecule has 1 fully saturated rings. The molecule has 15 heavy (non-hydrogen) atoms. The number of piperidine rings is 1. The molecule has 5 nitrogen and oxygen atoms in total. The van der Waals surface area contributed by atoms with Gasteiger partial charge in [-0.05, 0) is 18.9 Å². The Morgan fingerprint density at radius 2 is 2.47 bits per heavy atom. The number of rotatable bonds is 2. The average Bonchev–Trinajstić information content (AvgIpc) is 2.30. The van der Waals surface area contributed by atoms with Gasteiger partial charge in [-0.1, -0.05) is 0 Å². The first-order valence-corrected chi connectivity index (χ1v) is 5.01. The number of carboxylic acid groups (broad SMARTS) is 1. The Labute approximate surface area is 87.8 Å². The standard InChI is InChI=1S/C10H13N3O2/c14-10(15)8-2-1-5-13(6-8)9-3-4-11-7-12-9/h3-4,7-8H,1-2,5-6H2,(H,14,15).